The van der Waals surface area contributed by atoms with E-state index in [1.165, 1.54) is 24.8 Å². The van der Waals surface area contributed by atoms with Crippen molar-refractivity contribution in [2.75, 3.05) is 6.26 Å². The van der Waals surface area contributed by atoms with Crippen molar-refractivity contribution in [2.24, 2.45) is 27.5 Å². The molecule has 0 saturated heterocycles. The van der Waals surface area contributed by atoms with Crippen LogP contribution in [0.5, 0.6) is 0 Å². The van der Waals surface area contributed by atoms with E-state index in [1.54, 1.807) is 11.8 Å². The number of rotatable bonds is 3. The van der Waals surface area contributed by atoms with Crippen molar-refractivity contribution < 1.29 is 0 Å². The van der Waals surface area contributed by atoms with Gasteiger partial charge in [0.1, 0.15) is 11.1 Å². The molecule has 0 aromatic heterocycles. The lowest BCUT2D eigenvalue weighted by Gasteiger charge is -2.40. The first-order valence-corrected chi connectivity index (χ1v) is 9.59. The van der Waals surface area contributed by atoms with Crippen LogP contribution < -0.4 is 0 Å². The largest absolute Gasteiger partial charge is 0.181 e. The van der Waals surface area contributed by atoms with Crippen molar-refractivity contribution in [3.05, 3.63) is 47.4 Å². The molecule has 1 aliphatic heterocycles. The zero-order valence-corrected chi connectivity index (χ0v) is 14.4. The normalized spacial score (nSPS) is 41.4. The molecule has 4 atom stereocenters. The molecular weight excluding hydrogens is 288 g/mol. The van der Waals surface area contributed by atoms with Crippen molar-refractivity contribution in [1.82, 2.24) is 0 Å². The lowest BCUT2D eigenvalue weighted by atomic mass is 9.63. The molecule has 0 spiro atoms. The van der Waals surface area contributed by atoms with Crippen LogP contribution in [0.3, 0.4) is 0 Å². The molecule has 2 bridgehead atoms. The number of hydrogen-bond acceptors (Lipinski definition) is 3. The maximum Gasteiger partial charge on any atom is 0.117 e. The molecule has 2 nitrogen and oxygen atoms in total. The molecule has 3 heteroatoms. The molecule has 0 radical (unpaired) electrons. The average Bonchev–Trinajstić information content (AvgIpc) is 3.14. The first-order valence-electron chi connectivity index (χ1n) is 8.30. The number of azo groups is 1. The smallest absolute Gasteiger partial charge is 0.117 e. The third kappa shape index (κ3) is 1.44. The van der Waals surface area contributed by atoms with Crippen molar-refractivity contribution in [3.63, 3.8) is 0 Å². The van der Waals surface area contributed by atoms with Gasteiger partial charge in [-0.3, -0.25) is 0 Å². The van der Waals surface area contributed by atoms with Crippen LogP contribution in [-0.2, 0) is 5.54 Å². The summed E-state index contributed by atoms with van der Waals surface area (Å²) in [4.78, 5) is 0. The van der Waals surface area contributed by atoms with E-state index in [-0.39, 0.29) is 16.5 Å². The SMILES string of the molecule is CS/C=C/[C@@]12N=N[C@@](c3ccccc3)([C@H]3CCC[C@H]31)C2(C)C. The van der Waals surface area contributed by atoms with E-state index in [4.69, 9.17) is 10.2 Å². The van der Waals surface area contributed by atoms with Crippen LogP contribution in [0.2, 0.25) is 0 Å². The van der Waals surface area contributed by atoms with Gasteiger partial charge in [0.15, 0.2) is 0 Å². The van der Waals surface area contributed by atoms with E-state index < -0.39 is 0 Å². The van der Waals surface area contributed by atoms with E-state index in [0.717, 1.165) is 0 Å². The zero-order chi connectivity index (χ0) is 15.4. The highest BCUT2D eigenvalue weighted by Crippen LogP contribution is 2.74. The van der Waals surface area contributed by atoms with Crippen LogP contribution in [0.15, 0.2) is 52.0 Å². The maximum atomic E-state index is 4.99. The second-order valence-electron chi connectivity index (χ2n) is 7.47. The minimum atomic E-state index is -0.141. The molecule has 22 heavy (non-hydrogen) atoms. The number of benzene rings is 1. The average molecular weight is 312 g/mol. The summed E-state index contributed by atoms with van der Waals surface area (Å²) in [6.45, 7) is 4.78. The predicted molar refractivity (Wildman–Crippen MR) is 93.0 cm³/mol. The molecular formula is C19H24N2S. The first kappa shape index (κ1) is 14.5. The van der Waals surface area contributed by atoms with E-state index >= 15 is 0 Å². The van der Waals surface area contributed by atoms with Gasteiger partial charge in [0, 0.05) is 5.41 Å². The Bertz CT molecular complexity index is 636. The van der Waals surface area contributed by atoms with E-state index in [0.29, 0.717) is 11.8 Å². The first-order chi connectivity index (χ1) is 10.6. The zero-order valence-electron chi connectivity index (χ0n) is 13.6. The summed E-state index contributed by atoms with van der Waals surface area (Å²) >= 11 is 1.77. The Balaban J connectivity index is 1.94. The van der Waals surface area contributed by atoms with Crippen LogP contribution in [0.1, 0.15) is 38.7 Å². The van der Waals surface area contributed by atoms with Gasteiger partial charge in [-0.05, 0) is 48.0 Å². The summed E-state index contributed by atoms with van der Waals surface area (Å²) in [7, 11) is 0. The van der Waals surface area contributed by atoms with Crippen LogP contribution in [0, 0.1) is 17.3 Å². The van der Waals surface area contributed by atoms with Gasteiger partial charge in [-0.15, -0.1) is 11.8 Å². The standard InChI is InChI=1S/C19H24N2S/c1-17(2)18(12-13-22-3)15-10-7-11-16(15)19(17,21-20-18)14-8-5-4-6-9-14/h4-6,8-9,12-13,15-16H,7,10-11H2,1-3H3/b13-12+/t15-,16+,18-,19+/m1/s1. The van der Waals surface area contributed by atoms with Gasteiger partial charge in [0.05, 0.1) is 0 Å². The summed E-state index contributed by atoms with van der Waals surface area (Å²) in [6, 6.07) is 10.9. The number of hydrogen-bond donors (Lipinski definition) is 0. The molecule has 2 saturated carbocycles. The second-order valence-corrected chi connectivity index (χ2v) is 8.21. The van der Waals surface area contributed by atoms with Crippen molar-refractivity contribution >= 4 is 11.8 Å². The lowest BCUT2D eigenvalue weighted by Crippen LogP contribution is -2.45. The lowest BCUT2D eigenvalue weighted by molar-refractivity contribution is 0.164. The molecule has 1 aromatic rings. The monoisotopic (exact) mass is 312 g/mol. The molecule has 1 aromatic carbocycles. The summed E-state index contributed by atoms with van der Waals surface area (Å²) in [5.74, 6) is 1.28. The molecule has 116 valence electrons. The van der Waals surface area contributed by atoms with E-state index in [9.17, 15) is 0 Å². The van der Waals surface area contributed by atoms with Gasteiger partial charge >= 0.3 is 0 Å². The van der Waals surface area contributed by atoms with E-state index in [1.807, 2.05) is 0 Å². The summed E-state index contributed by atoms with van der Waals surface area (Å²) < 4.78 is 0. The van der Waals surface area contributed by atoms with Crippen molar-refractivity contribution in [3.8, 4) is 0 Å². The van der Waals surface area contributed by atoms with Crippen LogP contribution in [-0.4, -0.2) is 11.8 Å². The van der Waals surface area contributed by atoms with Gasteiger partial charge in [-0.1, -0.05) is 50.6 Å². The highest BCUT2D eigenvalue weighted by molar-refractivity contribution is 8.01. The highest BCUT2D eigenvalue weighted by Gasteiger charge is 2.76. The number of fused-ring (bicyclic) bond motifs is 5. The van der Waals surface area contributed by atoms with Crippen molar-refractivity contribution in [1.29, 1.82) is 0 Å². The molecule has 2 aliphatic carbocycles. The fraction of sp³-hybridized carbons (Fsp3) is 0.579. The molecule has 0 amide bonds. The third-order valence-corrected chi connectivity index (χ3v) is 7.03. The molecule has 3 aliphatic rings. The van der Waals surface area contributed by atoms with Crippen LogP contribution >= 0.6 is 11.8 Å². The second kappa shape index (κ2) is 4.70. The Morgan fingerprint density at radius 2 is 1.82 bits per heavy atom. The van der Waals surface area contributed by atoms with Crippen molar-refractivity contribution in [2.45, 2.75) is 44.2 Å². The Labute approximate surface area is 137 Å². The third-order valence-electron chi connectivity index (χ3n) is 6.62. The Morgan fingerprint density at radius 3 is 2.55 bits per heavy atom. The quantitative estimate of drug-likeness (QED) is 0.731. The van der Waals surface area contributed by atoms with Gasteiger partial charge in [-0.25, -0.2) is 0 Å². The fourth-order valence-electron chi connectivity index (χ4n) is 5.64. The fourth-order valence-corrected chi connectivity index (χ4v) is 5.98. The molecule has 2 fully saturated rings. The van der Waals surface area contributed by atoms with Gasteiger partial charge in [0.25, 0.3) is 0 Å². The van der Waals surface area contributed by atoms with Gasteiger partial charge in [-0.2, -0.15) is 10.2 Å². The maximum absolute atomic E-state index is 4.99. The Kier molecular flexibility index (Phi) is 3.10. The molecule has 4 rings (SSSR count). The number of nitrogens with zero attached hydrogens (tertiary/aromatic N) is 2. The number of thioether (sulfide) groups is 1. The molecule has 0 N–H and O–H groups in total. The molecule has 0 unspecified atom stereocenters. The van der Waals surface area contributed by atoms with Gasteiger partial charge < -0.3 is 0 Å². The van der Waals surface area contributed by atoms with Crippen LogP contribution in [0.25, 0.3) is 0 Å². The van der Waals surface area contributed by atoms with Gasteiger partial charge in [0.2, 0.25) is 0 Å². The predicted octanol–water partition coefficient (Wildman–Crippen LogP) is 5.42. The topological polar surface area (TPSA) is 24.7 Å². The molecule has 1 heterocycles. The Morgan fingerprint density at radius 1 is 1.09 bits per heavy atom. The minimum Gasteiger partial charge on any atom is -0.181 e. The summed E-state index contributed by atoms with van der Waals surface area (Å²) in [5.41, 5.74) is 1.13. The summed E-state index contributed by atoms with van der Waals surface area (Å²) in [5, 5.41) is 12.2. The summed E-state index contributed by atoms with van der Waals surface area (Å²) in [6.07, 6.45) is 8.39. The van der Waals surface area contributed by atoms with E-state index in [2.05, 4.69) is 61.9 Å². The Hall–Kier alpha value is -1.09. The highest BCUT2D eigenvalue weighted by atomic mass is 32.2. The van der Waals surface area contributed by atoms with Crippen LogP contribution in [0.4, 0.5) is 0 Å². The minimum absolute atomic E-state index is 0.0311.